The molecule has 1 atom stereocenters. The lowest BCUT2D eigenvalue weighted by Crippen LogP contribution is -2.28. The van der Waals surface area contributed by atoms with Crippen LogP contribution in [0.4, 0.5) is 0 Å². The van der Waals surface area contributed by atoms with Crippen molar-refractivity contribution < 1.29 is 0 Å². The van der Waals surface area contributed by atoms with Gasteiger partial charge in [-0.1, -0.05) is 12.8 Å². The Morgan fingerprint density at radius 2 is 2.22 bits per heavy atom. The van der Waals surface area contributed by atoms with Crippen LogP contribution in [0.3, 0.4) is 0 Å². The topological polar surface area (TPSA) is 3.24 Å². The van der Waals surface area contributed by atoms with Gasteiger partial charge in [0.2, 0.25) is 0 Å². The molecule has 0 N–H and O–H groups in total. The molecule has 0 fully saturated rings. The van der Waals surface area contributed by atoms with Gasteiger partial charge in [-0.25, -0.2) is 0 Å². The molecule has 0 aromatic heterocycles. The van der Waals surface area contributed by atoms with Crippen LogP contribution in [0.1, 0.15) is 20.3 Å². The fourth-order valence-corrected chi connectivity index (χ4v) is 0.612. The van der Waals surface area contributed by atoms with Gasteiger partial charge in [0.15, 0.2) is 0 Å². The third-order valence-electron chi connectivity index (χ3n) is 1.68. The Kier molecular flexibility index (Phi) is 4.17. The van der Waals surface area contributed by atoms with Crippen LogP contribution in [0.5, 0.6) is 0 Å². The molecule has 52 valence electrons. The van der Waals surface area contributed by atoms with Crippen molar-refractivity contribution in [3.05, 3.63) is 0 Å². The molecule has 1 nitrogen and oxygen atoms in total. The van der Waals surface area contributed by atoms with E-state index in [0.717, 1.165) is 13.0 Å². The molecule has 0 bridgehead atoms. The van der Waals surface area contributed by atoms with E-state index in [4.69, 9.17) is 6.42 Å². The van der Waals surface area contributed by atoms with Crippen LogP contribution in [-0.4, -0.2) is 24.5 Å². The monoisotopic (exact) mass is 125 g/mol. The van der Waals surface area contributed by atoms with Gasteiger partial charge in [-0.2, -0.15) is 0 Å². The minimum atomic E-state index is 0.612. The Morgan fingerprint density at radius 1 is 1.67 bits per heavy atom. The highest BCUT2D eigenvalue weighted by atomic mass is 15.1. The molecule has 0 rings (SSSR count). The van der Waals surface area contributed by atoms with Crippen LogP contribution in [0.2, 0.25) is 0 Å². The second-order valence-corrected chi connectivity index (χ2v) is 2.38. The highest BCUT2D eigenvalue weighted by Crippen LogP contribution is 1.97. The Balaban J connectivity index is 3.48. The number of nitrogens with zero attached hydrogens (tertiary/aromatic N) is 1. The minimum absolute atomic E-state index is 0.612. The van der Waals surface area contributed by atoms with Crippen LogP contribution in [0, 0.1) is 12.3 Å². The van der Waals surface area contributed by atoms with E-state index >= 15 is 0 Å². The predicted octanol–water partition coefficient (Wildman–Crippen LogP) is 1.35. The van der Waals surface area contributed by atoms with Crippen molar-refractivity contribution in [2.75, 3.05) is 13.6 Å². The summed E-state index contributed by atoms with van der Waals surface area (Å²) in [5.41, 5.74) is 0. The van der Waals surface area contributed by atoms with Gasteiger partial charge in [-0.3, -0.25) is 4.90 Å². The van der Waals surface area contributed by atoms with Gasteiger partial charge >= 0.3 is 0 Å². The molecule has 1 heteroatoms. The molecule has 0 aromatic carbocycles. The quantitative estimate of drug-likeness (QED) is 0.515. The maximum absolute atomic E-state index is 5.13. The number of rotatable bonds is 3. The summed E-state index contributed by atoms with van der Waals surface area (Å²) in [6.45, 7) is 5.10. The summed E-state index contributed by atoms with van der Waals surface area (Å²) in [5, 5.41) is 0. The molecule has 0 saturated heterocycles. The third kappa shape index (κ3) is 3.16. The van der Waals surface area contributed by atoms with E-state index in [9.17, 15) is 0 Å². The lowest BCUT2D eigenvalue weighted by Gasteiger charge is -2.20. The zero-order valence-electron chi connectivity index (χ0n) is 6.52. The SMILES string of the molecule is C#CCN(C)[C@H](C)CC. The lowest BCUT2D eigenvalue weighted by atomic mass is 10.2. The van der Waals surface area contributed by atoms with Crippen LogP contribution >= 0.6 is 0 Å². The van der Waals surface area contributed by atoms with Gasteiger partial charge in [-0.15, -0.1) is 6.42 Å². The van der Waals surface area contributed by atoms with Crippen molar-refractivity contribution in [1.82, 2.24) is 4.90 Å². The summed E-state index contributed by atoms with van der Waals surface area (Å²) >= 11 is 0. The standard InChI is InChI=1S/C8H15N/c1-5-7-9(4)8(3)6-2/h1,8H,6-7H2,2-4H3/t8-/m1/s1. The van der Waals surface area contributed by atoms with E-state index < -0.39 is 0 Å². The van der Waals surface area contributed by atoms with Crippen LogP contribution < -0.4 is 0 Å². The summed E-state index contributed by atoms with van der Waals surface area (Å²) in [5.74, 6) is 2.61. The van der Waals surface area contributed by atoms with Crippen molar-refractivity contribution in [3.63, 3.8) is 0 Å². The molecule has 0 saturated carbocycles. The summed E-state index contributed by atoms with van der Waals surface area (Å²) in [4.78, 5) is 2.17. The van der Waals surface area contributed by atoms with Crippen LogP contribution in [0.15, 0.2) is 0 Å². The van der Waals surface area contributed by atoms with E-state index in [1.165, 1.54) is 0 Å². The van der Waals surface area contributed by atoms with E-state index in [2.05, 4.69) is 24.7 Å². The van der Waals surface area contributed by atoms with Gasteiger partial charge in [-0.05, 0) is 20.4 Å². The molecule has 0 amide bonds. The summed E-state index contributed by atoms with van der Waals surface area (Å²) in [6, 6.07) is 0.612. The van der Waals surface area contributed by atoms with E-state index in [0.29, 0.717) is 6.04 Å². The normalized spacial score (nSPS) is 13.2. The van der Waals surface area contributed by atoms with Gasteiger partial charge in [0.1, 0.15) is 0 Å². The molecule has 0 aliphatic rings. The summed E-state index contributed by atoms with van der Waals surface area (Å²) in [6.07, 6.45) is 6.30. The highest BCUT2D eigenvalue weighted by molar-refractivity contribution is 4.88. The third-order valence-corrected chi connectivity index (χ3v) is 1.68. The lowest BCUT2D eigenvalue weighted by molar-refractivity contribution is 0.282. The predicted molar refractivity (Wildman–Crippen MR) is 41.2 cm³/mol. The molecule has 0 radical (unpaired) electrons. The molecular weight excluding hydrogens is 110 g/mol. The second kappa shape index (κ2) is 4.40. The smallest absolute Gasteiger partial charge is 0.0598 e. The maximum atomic E-state index is 5.13. The Morgan fingerprint density at radius 3 is 2.56 bits per heavy atom. The first-order chi connectivity index (χ1) is 4.22. The average molecular weight is 125 g/mol. The second-order valence-electron chi connectivity index (χ2n) is 2.38. The molecule has 0 aliphatic heterocycles. The van der Waals surface area contributed by atoms with Crippen molar-refractivity contribution in [2.45, 2.75) is 26.3 Å². The highest BCUT2D eigenvalue weighted by Gasteiger charge is 2.02. The van der Waals surface area contributed by atoms with E-state index in [1.54, 1.807) is 0 Å². The molecular formula is C8H15N. The Hall–Kier alpha value is -0.480. The van der Waals surface area contributed by atoms with Crippen molar-refractivity contribution in [2.24, 2.45) is 0 Å². The van der Waals surface area contributed by atoms with Crippen LogP contribution in [-0.2, 0) is 0 Å². The van der Waals surface area contributed by atoms with E-state index in [-0.39, 0.29) is 0 Å². The first-order valence-corrected chi connectivity index (χ1v) is 3.36. The van der Waals surface area contributed by atoms with Crippen molar-refractivity contribution >= 4 is 0 Å². The van der Waals surface area contributed by atoms with Crippen molar-refractivity contribution in [3.8, 4) is 12.3 Å². The van der Waals surface area contributed by atoms with Crippen molar-refractivity contribution in [1.29, 1.82) is 0 Å². The average Bonchev–Trinajstić information content (AvgIpc) is 1.87. The fourth-order valence-electron chi connectivity index (χ4n) is 0.612. The number of hydrogen-bond acceptors (Lipinski definition) is 1. The van der Waals surface area contributed by atoms with Gasteiger partial charge < -0.3 is 0 Å². The minimum Gasteiger partial charge on any atom is -0.293 e. The molecule has 9 heavy (non-hydrogen) atoms. The molecule has 0 aliphatic carbocycles. The molecule has 0 heterocycles. The van der Waals surface area contributed by atoms with Gasteiger partial charge in [0.25, 0.3) is 0 Å². The number of terminal acetylenes is 1. The van der Waals surface area contributed by atoms with Crippen LogP contribution in [0.25, 0.3) is 0 Å². The largest absolute Gasteiger partial charge is 0.293 e. The maximum Gasteiger partial charge on any atom is 0.0598 e. The first-order valence-electron chi connectivity index (χ1n) is 3.36. The van der Waals surface area contributed by atoms with Gasteiger partial charge in [0, 0.05) is 6.04 Å². The zero-order chi connectivity index (χ0) is 7.28. The molecule has 0 aromatic rings. The zero-order valence-corrected chi connectivity index (χ0v) is 6.52. The fraction of sp³-hybridized carbons (Fsp3) is 0.750. The van der Waals surface area contributed by atoms with E-state index in [1.807, 2.05) is 7.05 Å². The van der Waals surface area contributed by atoms with Gasteiger partial charge in [0.05, 0.1) is 6.54 Å². The molecule has 0 spiro atoms. The Bertz CT molecular complexity index is 102. The Labute approximate surface area is 58.1 Å². The molecule has 0 unspecified atom stereocenters. The number of hydrogen-bond donors (Lipinski definition) is 0. The summed E-state index contributed by atoms with van der Waals surface area (Å²) in [7, 11) is 2.05. The summed E-state index contributed by atoms with van der Waals surface area (Å²) < 4.78 is 0. The first kappa shape index (κ1) is 8.52.